The summed E-state index contributed by atoms with van der Waals surface area (Å²) in [6, 6.07) is 10.8. The summed E-state index contributed by atoms with van der Waals surface area (Å²) in [5.74, 6) is 1.44. The zero-order valence-corrected chi connectivity index (χ0v) is 12.8. The minimum absolute atomic E-state index is 0.301. The van der Waals surface area contributed by atoms with Gasteiger partial charge in [-0.05, 0) is 0 Å². The molecule has 0 N–H and O–H groups in total. The Hall–Kier alpha value is -0.111. The predicted octanol–water partition coefficient (Wildman–Crippen LogP) is 2.57. The van der Waals surface area contributed by atoms with Crippen molar-refractivity contribution in [2.75, 3.05) is 0 Å². The number of hydrogen-bond donors (Lipinski definition) is 0. The van der Waals surface area contributed by atoms with Gasteiger partial charge in [0.15, 0.2) is 0 Å². The Kier molecular flexibility index (Phi) is 3.42. The molecular formula is C14H15BrOSe. The van der Waals surface area contributed by atoms with E-state index in [4.69, 9.17) is 0 Å². The van der Waals surface area contributed by atoms with Crippen molar-refractivity contribution in [2.24, 2.45) is 11.8 Å². The van der Waals surface area contributed by atoms with Crippen LogP contribution >= 0.6 is 15.9 Å². The third-order valence-electron chi connectivity index (χ3n) is 3.90. The number of Topliss-reactive ketones (excluding diaryl/α,β-unsaturated/α-hetero) is 1. The van der Waals surface area contributed by atoms with Crippen LogP contribution in [-0.2, 0) is 4.79 Å². The summed E-state index contributed by atoms with van der Waals surface area (Å²) in [5, 5.41) is 0. The average molecular weight is 358 g/mol. The Balaban J connectivity index is 1.78. The number of alkyl halides is 1. The molecule has 2 unspecified atom stereocenters. The van der Waals surface area contributed by atoms with Crippen LogP contribution < -0.4 is 4.46 Å². The Morgan fingerprint density at radius 1 is 1.18 bits per heavy atom. The molecule has 0 aromatic heterocycles. The van der Waals surface area contributed by atoms with E-state index >= 15 is 0 Å². The van der Waals surface area contributed by atoms with Crippen LogP contribution in [0, 0.1) is 11.8 Å². The van der Waals surface area contributed by atoms with E-state index in [0.717, 1.165) is 12.8 Å². The fourth-order valence-corrected chi connectivity index (χ4v) is 7.42. The average Bonchev–Trinajstić information content (AvgIpc) is 2.35. The van der Waals surface area contributed by atoms with Gasteiger partial charge in [0.25, 0.3) is 0 Å². The van der Waals surface area contributed by atoms with E-state index in [2.05, 4.69) is 46.3 Å². The first-order chi connectivity index (χ1) is 8.25. The molecule has 0 heterocycles. The summed E-state index contributed by atoms with van der Waals surface area (Å²) < 4.78 is 1.47. The van der Waals surface area contributed by atoms with E-state index in [1.54, 1.807) is 0 Å². The van der Waals surface area contributed by atoms with Gasteiger partial charge in [0, 0.05) is 0 Å². The van der Waals surface area contributed by atoms with Crippen LogP contribution in [0.2, 0.25) is 4.82 Å². The molecule has 1 aromatic carbocycles. The first kappa shape index (κ1) is 12.0. The molecule has 0 aliphatic heterocycles. The molecule has 1 aromatic rings. The maximum atomic E-state index is 11.8. The summed E-state index contributed by atoms with van der Waals surface area (Å²) in [6.45, 7) is 0. The van der Waals surface area contributed by atoms with Gasteiger partial charge < -0.3 is 0 Å². The predicted molar refractivity (Wildman–Crippen MR) is 74.1 cm³/mol. The molecule has 3 heteroatoms. The molecule has 3 saturated carbocycles. The Morgan fingerprint density at radius 2 is 1.94 bits per heavy atom. The van der Waals surface area contributed by atoms with Crippen LogP contribution in [0.15, 0.2) is 30.3 Å². The molecule has 4 atom stereocenters. The molecule has 1 nitrogen and oxygen atoms in total. The van der Waals surface area contributed by atoms with Crippen LogP contribution in [0.3, 0.4) is 0 Å². The van der Waals surface area contributed by atoms with Crippen molar-refractivity contribution in [1.82, 2.24) is 0 Å². The normalized spacial score (nSPS) is 36.2. The maximum absolute atomic E-state index is 11.8. The molecule has 0 amide bonds. The van der Waals surface area contributed by atoms with E-state index in [-0.39, 0.29) is 0 Å². The van der Waals surface area contributed by atoms with Crippen molar-refractivity contribution in [1.29, 1.82) is 0 Å². The molecule has 0 spiro atoms. The summed E-state index contributed by atoms with van der Waals surface area (Å²) in [6.07, 6.45) is 3.21. The Bertz CT molecular complexity index is 417. The standard InChI is InChI=1S/C14H15BrOSe/c15-13-11-7-6-9(8-12(11)16)14(13)17-10-4-2-1-3-5-10/h1-5,9,11,13-14H,6-8H2/t9-,11+,13?,14?/m0/s1. The van der Waals surface area contributed by atoms with Gasteiger partial charge in [-0.15, -0.1) is 0 Å². The summed E-state index contributed by atoms with van der Waals surface area (Å²) in [7, 11) is 0. The molecule has 0 radical (unpaired) electrons. The molecule has 3 fully saturated rings. The summed E-state index contributed by atoms with van der Waals surface area (Å²) >= 11 is 4.30. The van der Waals surface area contributed by atoms with E-state index in [1.807, 2.05) is 0 Å². The van der Waals surface area contributed by atoms with Gasteiger partial charge in [0.2, 0.25) is 0 Å². The van der Waals surface area contributed by atoms with Crippen molar-refractivity contribution < 1.29 is 4.79 Å². The molecule has 90 valence electrons. The van der Waals surface area contributed by atoms with E-state index in [0.29, 0.717) is 42.2 Å². The van der Waals surface area contributed by atoms with E-state index < -0.39 is 0 Å². The number of benzene rings is 1. The van der Waals surface area contributed by atoms with Crippen LogP contribution in [0.25, 0.3) is 0 Å². The molecule has 4 rings (SSSR count). The molecule has 3 aliphatic carbocycles. The number of rotatable bonds is 2. The van der Waals surface area contributed by atoms with E-state index in [9.17, 15) is 4.79 Å². The number of hydrogen-bond acceptors (Lipinski definition) is 1. The van der Waals surface area contributed by atoms with Crippen LogP contribution in [0.4, 0.5) is 0 Å². The first-order valence-electron chi connectivity index (χ1n) is 6.14. The zero-order chi connectivity index (χ0) is 11.8. The zero-order valence-electron chi connectivity index (χ0n) is 9.51. The van der Waals surface area contributed by atoms with Gasteiger partial charge in [-0.2, -0.15) is 0 Å². The number of carbonyl (C=O) groups excluding carboxylic acids is 1. The van der Waals surface area contributed by atoms with Crippen molar-refractivity contribution in [3.05, 3.63) is 30.3 Å². The SMILES string of the molecule is O=C1C[C@@H]2CC[C@H]1C(Br)C2[Se]c1ccccc1. The van der Waals surface area contributed by atoms with Crippen molar-refractivity contribution in [2.45, 2.75) is 28.9 Å². The monoisotopic (exact) mass is 358 g/mol. The minimum atomic E-state index is 0.301. The molecule has 0 saturated heterocycles. The van der Waals surface area contributed by atoms with Gasteiger partial charge in [-0.1, -0.05) is 0 Å². The number of carbonyl (C=O) groups is 1. The second-order valence-corrected chi connectivity index (χ2v) is 8.64. The second kappa shape index (κ2) is 4.87. The number of ketones is 1. The Labute approximate surface area is 117 Å². The first-order valence-corrected chi connectivity index (χ1v) is 8.90. The Morgan fingerprint density at radius 3 is 2.59 bits per heavy atom. The van der Waals surface area contributed by atoms with Gasteiger partial charge in [0.05, 0.1) is 0 Å². The fraction of sp³-hybridized carbons (Fsp3) is 0.500. The van der Waals surface area contributed by atoms with Crippen molar-refractivity contribution in [3.8, 4) is 0 Å². The van der Waals surface area contributed by atoms with Gasteiger partial charge in [0.1, 0.15) is 0 Å². The third-order valence-corrected chi connectivity index (χ3v) is 9.03. The molecule has 2 bridgehead atoms. The van der Waals surface area contributed by atoms with Crippen molar-refractivity contribution >= 4 is 41.1 Å². The topological polar surface area (TPSA) is 17.1 Å². The third kappa shape index (κ3) is 2.25. The fourth-order valence-electron chi connectivity index (χ4n) is 2.99. The molecule has 3 aliphatic rings. The van der Waals surface area contributed by atoms with Crippen molar-refractivity contribution in [3.63, 3.8) is 0 Å². The van der Waals surface area contributed by atoms with E-state index in [1.165, 1.54) is 10.9 Å². The van der Waals surface area contributed by atoms with Gasteiger partial charge >= 0.3 is 117 Å². The van der Waals surface area contributed by atoms with Gasteiger partial charge in [-0.25, -0.2) is 0 Å². The summed E-state index contributed by atoms with van der Waals surface area (Å²) in [5.41, 5.74) is 0. The number of halogens is 1. The number of fused-ring (bicyclic) bond motifs is 3. The quantitative estimate of drug-likeness (QED) is 0.587. The van der Waals surface area contributed by atoms with Crippen LogP contribution in [0.1, 0.15) is 19.3 Å². The summed E-state index contributed by atoms with van der Waals surface area (Å²) in [4.78, 5) is 13.0. The molecule has 17 heavy (non-hydrogen) atoms. The second-order valence-electron chi connectivity index (χ2n) is 4.95. The molecular weight excluding hydrogens is 343 g/mol. The van der Waals surface area contributed by atoms with Crippen LogP contribution in [-0.4, -0.2) is 25.6 Å². The van der Waals surface area contributed by atoms with Crippen LogP contribution in [0.5, 0.6) is 0 Å². The van der Waals surface area contributed by atoms with Gasteiger partial charge in [-0.3, -0.25) is 0 Å².